The number of aryl methyl sites for hydroxylation is 1. The van der Waals surface area contributed by atoms with E-state index in [0.717, 1.165) is 31.9 Å². The molecule has 0 bridgehead atoms. The van der Waals surface area contributed by atoms with Crippen LogP contribution in [0.1, 0.15) is 50.3 Å². The molecule has 0 saturated heterocycles. The van der Waals surface area contributed by atoms with E-state index in [-0.39, 0.29) is 24.0 Å². The SMILES string of the molecule is CCNC(=NCc1ccccc1CN(CC)CC)NCC(C)(O)c1ccc(C)o1.I. The minimum Gasteiger partial charge on any atom is -0.463 e. The lowest BCUT2D eigenvalue weighted by Gasteiger charge is -2.23. The van der Waals surface area contributed by atoms with Crippen molar-refractivity contribution in [3.05, 3.63) is 59.0 Å². The summed E-state index contributed by atoms with van der Waals surface area (Å²) in [5.41, 5.74) is 1.39. The quantitative estimate of drug-likeness (QED) is 0.247. The molecular weight excluding hydrogens is 491 g/mol. The van der Waals surface area contributed by atoms with Crippen LogP contribution in [0.2, 0.25) is 0 Å². The second kappa shape index (κ2) is 13.0. The smallest absolute Gasteiger partial charge is 0.191 e. The second-order valence-corrected chi connectivity index (χ2v) is 7.46. The predicted molar refractivity (Wildman–Crippen MR) is 134 cm³/mol. The number of rotatable bonds is 10. The summed E-state index contributed by atoms with van der Waals surface area (Å²) in [5.74, 6) is 2.00. The largest absolute Gasteiger partial charge is 0.463 e. The van der Waals surface area contributed by atoms with Crippen molar-refractivity contribution in [2.75, 3.05) is 26.2 Å². The number of halogens is 1. The van der Waals surface area contributed by atoms with Crippen molar-refractivity contribution in [2.45, 2.75) is 53.3 Å². The molecule has 0 saturated carbocycles. The maximum atomic E-state index is 10.8. The van der Waals surface area contributed by atoms with Crippen LogP contribution in [0.3, 0.4) is 0 Å². The second-order valence-electron chi connectivity index (χ2n) is 7.46. The predicted octanol–water partition coefficient (Wildman–Crippen LogP) is 4.01. The summed E-state index contributed by atoms with van der Waals surface area (Å²) in [5, 5.41) is 17.2. The van der Waals surface area contributed by atoms with Crippen molar-refractivity contribution < 1.29 is 9.52 Å². The first-order valence-electron chi connectivity index (χ1n) is 10.5. The van der Waals surface area contributed by atoms with E-state index >= 15 is 0 Å². The molecular formula is C23H37IN4O2. The average molecular weight is 528 g/mol. The molecule has 0 aliphatic heterocycles. The van der Waals surface area contributed by atoms with Crippen molar-refractivity contribution >= 4 is 29.9 Å². The molecule has 0 aliphatic rings. The van der Waals surface area contributed by atoms with E-state index in [9.17, 15) is 5.11 Å². The van der Waals surface area contributed by atoms with Crippen LogP contribution in [0.25, 0.3) is 0 Å². The first kappa shape index (κ1) is 26.5. The van der Waals surface area contributed by atoms with Crippen molar-refractivity contribution in [1.82, 2.24) is 15.5 Å². The number of nitrogens with zero attached hydrogens (tertiary/aromatic N) is 2. The normalized spacial score (nSPS) is 13.6. The van der Waals surface area contributed by atoms with Crippen LogP contribution in [0.4, 0.5) is 0 Å². The first-order valence-corrected chi connectivity index (χ1v) is 10.5. The Morgan fingerprint density at radius 3 is 2.30 bits per heavy atom. The van der Waals surface area contributed by atoms with E-state index in [1.54, 1.807) is 6.92 Å². The summed E-state index contributed by atoms with van der Waals surface area (Å²) in [6.07, 6.45) is 0. The fourth-order valence-corrected chi connectivity index (χ4v) is 3.13. The molecule has 0 fully saturated rings. The minimum atomic E-state index is -1.12. The molecule has 2 aromatic rings. The van der Waals surface area contributed by atoms with E-state index in [1.165, 1.54) is 11.1 Å². The Balaban J connectivity index is 0.00000450. The molecule has 168 valence electrons. The summed E-state index contributed by atoms with van der Waals surface area (Å²) in [4.78, 5) is 7.14. The van der Waals surface area contributed by atoms with Crippen LogP contribution < -0.4 is 10.6 Å². The Labute approximate surface area is 198 Å². The van der Waals surface area contributed by atoms with Gasteiger partial charge in [0.15, 0.2) is 5.96 Å². The van der Waals surface area contributed by atoms with Gasteiger partial charge in [-0.1, -0.05) is 38.1 Å². The Morgan fingerprint density at radius 1 is 1.07 bits per heavy atom. The van der Waals surface area contributed by atoms with E-state index in [1.807, 2.05) is 26.0 Å². The molecule has 2 rings (SSSR count). The Morgan fingerprint density at radius 2 is 1.73 bits per heavy atom. The summed E-state index contributed by atoms with van der Waals surface area (Å²) in [7, 11) is 0. The number of aliphatic imine (C=N–C) groups is 1. The fourth-order valence-electron chi connectivity index (χ4n) is 3.13. The lowest BCUT2D eigenvalue weighted by Crippen LogP contribution is -2.44. The Hall–Kier alpha value is -1.58. The molecule has 6 nitrogen and oxygen atoms in total. The maximum absolute atomic E-state index is 10.8. The van der Waals surface area contributed by atoms with E-state index in [4.69, 9.17) is 9.41 Å². The van der Waals surface area contributed by atoms with Gasteiger partial charge in [-0.05, 0) is 57.1 Å². The fraction of sp³-hybridized carbons (Fsp3) is 0.522. The molecule has 30 heavy (non-hydrogen) atoms. The van der Waals surface area contributed by atoms with Gasteiger partial charge in [-0.3, -0.25) is 4.90 Å². The lowest BCUT2D eigenvalue weighted by molar-refractivity contribution is 0.0378. The summed E-state index contributed by atoms with van der Waals surface area (Å²) >= 11 is 0. The monoisotopic (exact) mass is 528 g/mol. The third-order valence-corrected chi connectivity index (χ3v) is 5.03. The van der Waals surface area contributed by atoms with E-state index in [2.05, 4.69) is 53.6 Å². The highest BCUT2D eigenvalue weighted by Gasteiger charge is 2.27. The summed E-state index contributed by atoms with van der Waals surface area (Å²) < 4.78 is 5.59. The van der Waals surface area contributed by atoms with Gasteiger partial charge in [0.25, 0.3) is 0 Å². The molecule has 7 heteroatoms. The lowest BCUT2D eigenvalue weighted by atomic mass is 10.0. The van der Waals surface area contributed by atoms with Gasteiger partial charge in [-0.25, -0.2) is 4.99 Å². The highest BCUT2D eigenvalue weighted by molar-refractivity contribution is 14.0. The molecule has 3 N–H and O–H groups in total. The molecule has 1 aromatic carbocycles. The molecule has 0 radical (unpaired) electrons. The van der Waals surface area contributed by atoms with Gasteiger partial charge in [0.05, 0.1) is 13.1 Å². The molecule has 0 amide bonds. The average Bonchev–Trinajstić information content (AvgIpc) is 3.16. The standard InChI is InChI=1S/C23H36N4O2.HI/c1-6-24-22(26-17-23(5,28)21-14-13-18(4)29-21)25-15-19-11-9-10-12-20(19)16-27(7-2)8-3;/h9-14,28H,6-8,15-17H2,1-5H3,(H2,24,25,26);1H. The third-order valence-electron chi connectivity index (χ3n) is 5.03. The number of guanidine groups is 1. The van der Waals surface area contributed by atoms with Crippen molar-refractivity contribution in [1.29, 1.82) is 0 Å². The van der Waals surface area contributed by atoms with Gasteiger partial charge in [0.1, 0.15) is 17.1 Å². The van der Waals surface area contributed by atoms with Crippen LogP contribution in [-0.2, 0) is 18.7 Å². The van der Waals surface area contributed by atoms with Gasteiger partial charge < -0.3 is 20.2 Å². The summed E-state index contributed by atoms with van der Waals surface area (Å²) in [6, 6.07) is 12.1. The maximum Gasteiger partial charge on any atom is 0.191 e. The van der Waals surface area contributed by atoms with E-state index < -0.39 is 5.60 Å². The zero-order valence-electron chi connectivity index (χ0n) is 18.9. The molecule has 1 heterocycles. The number of hydrogen-bond donors (Lipinski definition) is 3. The number of furan rings is 1. The van der Waals surface area contributed by atoms with Crippen LogP contribution in [0.15, 0.2) is 45.8 Å². The highest BCUT2D eigenvalue weighted by Crippen LogP contribution is 2.22. The molecule has 1 atom stereocenters. The number of aliphatic hydroxyl groups is 1. The minimum absolute atomic E-state index is 0. The molecule has 0 aliphatic carbocycles. The van der Waals surface area contributed by atoms with E-state index in [0.29, 0.717) is 24.8 Å². The van der Waals surface area contributed by atoms with Crippen molar-refractivity contribution in [2.24, 2.45) is 4.99 Å². The number of hydrogen-bond acceptors (Lipinski definition) is 4. The summed E-state index contributed by atoms with van der Waals surface area (Å²) in [6.45, 7) is 14.6. The van der Waals surface area contributed by atoms with Gasteiger partial charge in [-0.15, -0.1) is 24.0 Å². The van der Waals surface area contributed by atoms with Crippen LogP contribution in [0, 0.1) is 6.92 Å². The zero-order valence-corrected chi connectivity index (χ0v) is 21.2. The number of benzene rings is 1. The molecule has 1 aromatic heterocycles. The van der Waals surface area contributed by atoms with Gasteiger partial charge in [0, 0.05) is 13.1 Å². The van der Waals surface area contributed by atoms with Crippen molar-refractivity contribution in [3.63, 3.8) is 0 Å². The number of nitrogens with one attached hydrogen (secondary N) is 2. The van der Waals surface area contributed by atoms with Crippen molar-refractivity contribution in [3.8, 4) is 0 Å². The van der Waals surface area contributed by atoms with Crippen LogP contribution in [0.5, 0.6) is 0 Å². The van der Waals surface area contributed by atoms with Gasteiger partial charge in [-0.2, -0.15) is 0 Å². The van der Waals surface area contributed by atoms with Gasteiger partial charge in [0.2, 0.25) is 0 Å². The van der Waals surface area contributed by atoms with Crippen LogP contribution in [-0.4, -0.2) is 42.1 Å². The topological polar surface area (TPSA) is 73.0 Å². The van der Waals surface area contributed by atoms with Crippen LogP contribution >= 0.6 is 24.0 Å². The zero-order chi connectivity index (χ0) is 21.3. The first-order chi connectivity index (χ1) is 13.9. The molecule has 1 unspecified atom stereocenters. The third kappa shape index (κ3) is 7.92. The van der Waals surface area contributed by atoms with Gasteiger partial charge >= 0.3 is 0 Å². The Kier molecular flexibility index (Phi) is 11.4. The highest BCUT2D eigenvalue weighted by atomic mass is 127. The Bertz CT molecular complexity index is 785. The molecule has 0 spiro atoms.